The maximum atomic E-state index is 11.9. The molecule has 1 N–H and O–H groups in total. The summed E-state index contributed by atoms with van der Waals surface area (Å²) < 4.78 is 4.95. The molecule has 0 radical (unpaired) electrons. The molecule has 0 amide bonds. The molecule has 0 aromatic heterocycles. The summed E-state index contributed by atoms with van der Waals surface area (Å²) in [7, 11) is 0. The van der Waals surface area contributed by atoms with Crippen molar-refractivity contribution < 1.29 is 19.4 Å². The first kappa shape index (κ1) is 15.5. The maximum absolute atomic E-state index is 11.9. The summed E-state index contributed by atoms with van der Waals surface area (Å²) in [5.41, 5.74) is 1.08. The lowest BCUT2D eigenvalue weighted by Crippen LogP contribution is -2.10. The summed E-state index contributed by atoms with van der Waals surface area (Å²) in [6.45, 7) is 3.05. The molecule has 6 heteroatoms. The zero-order valence-electron chi connectivity index (χ0n) is 10.4. The standard InChI is InChI=1S/C13H12Cl2O4/c1-7(2)5-9(16)8-3-4-10(13(15)12(8)14)19-6-11(17)18/h3-5H,6H2,1-2H3,(H,17,18). The number of carbonyl (C=O) groups excluding carboxylic acids is 1. The normalized spacial score (nSPS) is 9.89. The number of rotatable bonds is 5. The van der Waals surface area contributed by atoms with Crippen LogP contribution in [0.2, 0.25) is 10.0 Å². The average molecular weight is 303 g/mol. The minimum absolute atomic E-state index is 0.0240. The van der Waals surface area contributed by atoms with Gasteiger partial charge in [0.1, 0.15) is 10.8 Å². The van der Waals surface area contributed by atoms with Crippen LogP contribution in [0.25, 0.3) is 0 Å². The molecule has 0 aliphatic heterocycles. The predicted octanol–water partition coefficient (Wildman–Crippen LogP) is 3.61. The topological polar surface area (TPSA) is 63.6 Å². The summed E-state index contributed by atoms with van der Waals surface area (Å²) >= 11 is 11.9. The van der Waals surface area contributed by atoms with Crippen molar-refractivity contribution in [3.63, 3.8) is 0 Å². The second kappa shape index (κ2) is 6.59. The number of ether oxygens (including phenoxy) is 1. The number of allylic oxidation sites excluding steroid dienone is 2. The molecule has 0 saturated carbocycles. The van der Waals surface area contributed by atoms with Gasteiger partial charge in [0, 0.05) is 5.56 Å². The molecule has 0 aliphatic rings. The summed E-state index contributed by atoms with van der Waals surface area (Å²) in [6.07, 6.45) is 1.44. The number of hydrogen-bond acceptors (Lipinski definition) is 3. The molecule has 1 aromatic rings. The van der Waals surface area contributed by atoms with Crippen molar-refractivity contribution in [2.24, 2.45) is 0 Å². The van der Waals surface area contributed by atoms with E-state index in [0.29, 0.717) is 0 Å². The lowest BCUT2D eigenvalue weighted by atomic mass is 10.1. The third-order valence-electron chi connectivity index (χ3n) is 2.08. The Morgan fingerprint density at radius 1 is 1.26 bits per heavy atom. The number of benzene rings is 1. The van der Waals surface area contributed by atoms with E-state index in [1.807, 2.05) is 0 Å². The van der Waals surface area contributed by atoms with Crippen LogP contribution < -0.4 is 4.74 Å². The molecule has 0 fully saturated rings. The van der Waals surface area contributed by atoms with Gasteiger partial charge in [-0.2, -0.15) is 0 Å². The Kier molecular flexibility index (Phi) is 5.39. The van der Waals surface area contributed by atoms with Gasteiger partial charge in [-0.05, 0) is 32.1 Å². The van der Waals surface area contributed by atoms with Gasteiger partial charge in [0.25, 0.3) is 0 Å². The molecule has 0 spiro atoms. The quantitative estimate of drug-likeness (QED) is 0.666. The Labute approximate surface area is 120 Å². The van der Waals surface area contributed by atoms with E-state index in [-0.39, 0.29) is 27.1 Å². The van der Waals surface area contributed by atoms with E-state index in [4.69, 9.17) is 33.0 Å². The predicted molar refractivity (Wildman–Crippen MR) is 73.4 cm³/mol. The molecule has 4 nitrogen and oxygen atoms in total. The number of halogens is 2. The Hall–Kier alpha value is -1.52. The van der Waals surface area contributed by atoms with Crippen molar-refractivity contribution in [3.05, 3.63) is 39.4 Å². The van der Waals surface area contributed by atoms with Gasteiger partial charge in [-0.1, -0.05) is 28.8 Å². The zero-order valence-corrected chi connectivity index (χ0v) is 11.9. The molecule has 0 aliphatic carbocycles. The van der Waals surface area contributed by atoms with Crippen molar-refractivity contribution in [2.75, 3.05) is 6.61 Å². The lowest BCUT2D eigenvalue weighted by molar-refractivity contribution is -0.139. The second-order valence-electron chi connectivity index (χ2n) is 4.01. The number of aliphatic carboxylic acids is 1. The smallest absolute Gasteiger partial charge is 0.341 e. The van der Waals surface area contributed by atoms with E-state index in [9.17, 15) is 9.59 Å². The second-order valence-corrected chi connectivity index (χ2v) is 4.76. The molecule has 19 heavy (non-hydrogen) atoms. The van der Waals surface area contributed by atoms with Crippen LogP contribution in [0.15, 0.2) is 23.8 Å². The van der Waals surface area contributed by atoms with E-state index in [2.05, 4.69) is 0 Å². The van der Waals surface area contributed by atoms with E-state index in [1.54, 1.807) is 13.8 Å². The third-order valence-corrected chi connectivity index (χ3v) is 2.95. The molecule has 1 aromatic carbocycles. The van der Waals surface area contributed by atoms with Crippen molar-refractivity contribution in [1.29, 1.82) is 0 Å². The monoisotopic (exact) mass is 302 g/mol. The third kappa shape index (κ3) is 4.26. The van der Waals surface area contributed by atoms with E-state index < -0.39 is 12.6 Å². The first-order valence-corrected chi connectivity index (χ1v) is 6.10. The molecular weight excluding hydrogens is 291 g/mol. The van der Waals surface area contributed by atoms with Gasteiger partial charge in [0.15, 0.2) is 12.4 Å². The number of carboxylic acid groups (broad SMARTS) is 1. The molecule has 0 unspecified atom stereocenters. The largest absolute Gasteiger partial charge is 0.480 e. The van der Waals surface area contributed by atoms with Crippen LogP contribution >= 0.6 is 23.2 Å². The molecule has 1 rings (SSSR count). The Bertz CT molecular complexity index is 546. The average Bonchev–Trinajstić information content (AvgIpc) is 2.29. The SMILES string of the molecule is CC(C)=CC(=O)c1ccc(OCC(=O)O)c(Cl)c1Cl. The Balaban J connectivity index is 3.07. The van der Waals surface area contributed by atoms with Crippen LogP contribution in [0, 0.1) is 0 Å². The fraction of sp³-hybridized carbons (Fsp3) is 0.231. The van der Waals surface area contributed by atoms with Crippen LogP contribution in [0.5, 0.6) is 5.75 Å². The fourth-order valence-electron chi connectivity index (χ4n) is 1.31. The van der Waals surface area contributed by atoms with Crippen molar-refractivity contribution in [3.8, 4) is 5.75 Å². The molecule has 0 heterocycles. The Morgan fingerprint density at radius 3 is 2.42 bits per heavy atom. The number of ketones is 1. The number of hydrogen-bond donors (Lipinski definition) is 1. The van der Waals surface area contributed by atoms with Crippen LogP contribution in [0.1, 0.15) is 24.2 Å². The maximum Gasteiger partial charge on any atom is 0.341 e. The van der Waals surface area contributed by atoms with Crippen molar-refractivity contribution >= 4 is 35.0 Å². The van der Waals surface area contributed by atoms with E-state index in [1.165, 1.54) is 18.2 Å². The molecule has 0 saturated heterocycles. The lowest BCUT2D eigenvalue weighted by Gasteiger charge is -2.09. The van der Waals surface area contributed by atoms with Gasteiger partial charge in [-0.25, -0.2) is 4.79 Å². The highest BCUT2D eigenvalue weighted by Gasteiger charge is 2.15. The summed E-state index contributed by atoms with van der Waals surface area (Å²) in [6, 6.07) is 2.87. The first-order valence-electron chi connectivity index (χ1n) is 5.34. The highest BCUT2D eigenvalue weighted by molar-refractivity contribution is 6.45. The van der Waals surface area contributed by atoms with Crippen molar-refractivity contribution in [1.82, 2.24) is 0 Å². The molecule has 0 atom stereocenters. The first-order chi connectivity index (χ1) is 8.82. The van der Waals surface area contributed by atoms with Crippen LogP contribution in [-0.4, -0.2) is 23.5 Å². The van der Waals surface area contributed by atoms with Gasteiger partial charge < -0.3 is 9.84 Å². The fourth-order valence-corrected chi connectivity index (χ4v) is 1.78. The van der Waals surface area contributed by atoms with Crippen LogP contribution in [0.3, 0.4) is 0 Å². The summed E-state index contributed by atoms with van der Waals surface area (Å²) in [5.74, 6) is -1.27. The molecule has 0 bridgehead atoms. The van der Waals surface area contributed by atoms with Gasteiger partial charge >= 0.3 is 5.97 Å². The van der Waals surface area contributed by atoms with Crippen molar-refractivity contribution in [2.45, 2.75) is 13.8 Å². The van der Waals surface area contributed by atoms with Gasteiger partial charge in [0.05, 0.1) is 5.02 Å². The molecular formula is C13H12Cl2O4. The minimum atomic E-state index is -1.13. The van der Waals surface area contributed by atoms with Gasteiger partial charge in [0.2, 0.25) is 0 Å². The highest BCUT2D eigenvalue weighted by Crippen LogP contribution is 2.35. The minimum Gasteiger partial charge on any atom is -0.480 e. The van der Waals surface area contributed by atoms with E-state index >= 15 is 0 Å². The van der Waals surface area contributed by atoms with Gasteiger partial charge in [-0.15, -0.1) is 0 Å². The summed E-state index contributed by atoms with van der Waals surface area (Å²) in [4.78, 5) is 22.3. The number of carbonyl (C=O) groups is 2. The Morgan fingerprint density at radius 2 is 1.89 bits per heavy atom. The van der Waals surface area contributed by atoms with Gasteiger partial charge in [-0.3, -0.25) is 4.79 Å². The van der Waals surface area contributed by atoms with E-state index in [0.717, 1.165) is 5.57 Å². The summed E-state index contributed by atoms with van der Waals surface area (Å²) in [5, 5.41) is 8.59. The van der Waals surface area contributed by atoms with Crippen LogP contribution in [0.4, 0.5) is 0 Å². The van der Waals surface area contributed by atoms with Crippen LogP contribution in [-0.2, 0) is 4.79 Å². The molecule has 102 valence electrons. The highest BCUT2D eigenvalue weighted by atomic mass is 35.5. The zero-order chi connectivity index (χ0) is 14.6. The number of carboxylic acids is 1.